The Morgan fingerprint density at radius 1 is 0.676 bits per heavy atom. The molecule has 0 aromatic carbocycles. The van der Waals surface area contributed by atoms with Crippen molar-refractivity contribution < 1.29 is 22.5 Å². The molecular weight excluding hydrogens is 482 g/mol. The Bertz CT molecular complexity index is 711. The molecule has 0 saturated heterocycles. The number of methoxy groups -OCH3 is 1. The van der Waals surface area contributed by atoms with Crippen LogP contribution >= 0.6 is 0 Å². The molecule has 1 aromatic rings. The fourth-order valence-corrected chi connectivity index (χ4v) is 6.09. The van der Waals surface area contributed by atoms with Gasteiger partial charge in [0, 0.05) is 32.3 Å². The Balaban J connectivity index is 1.89. The van der Waals surface area contributed by atoms with E-state index in [4.69, 9.17) is 9.47 Å². The summed E-state index contributed by atoms with van der Waals surface area (Å²) >= 11 is 0. The van der Waals surface area contributed by atoms with Crippen molar-refractivity contribution >= 4 is 9.84 Å². The Morgan fingerprint density at radius 2 is 1.19 bits per heavy atom. The van der Waals surface area contributed by atoms with Gasteiger partial charge in [0.2, 0.25) is 0 Å². The minimum atomic E-state index is -3.07. The number of rotatable bonds is 27. The number of pyridine rings is 1. The lowest BCUT2D eigenvalue weighted by molar-refractivity contribution is -0.696. The maximum Gasteiger partial charge on any atom is 0.168 e. The first-order valence-electron chi connectivity index (χ1n) is 15.3. The van der Waals surface area contributed by atoms with Crippen molar-refractivity contribution in [3.8, 4) is 0 Å². The molecule has 0 radical (unpaired) electrons. The third-order valence-electron chi connectivity index (χ3n) is 7.18. The quantitative estimate of drug-likeness (QED) is 0.0858. The van der Waals surface area contributed by atoms with Gasteiger partial charge in [-0.2, -0.15) is 0 Å². The monoisotopic (exact) mass is 540 g/mol. The first kappa shape index (κ1) is 34.0. The van der Waals surface area contributed by atoms with Gasteiger partial charge in [0.15, 0.2) is 22.2 Å². The number of aromatic nitrogens is 1. The van der Waals surface area contributed by atoms with Crippen molar-refractivity contribution in [3.63, 3.8) is 0 Å². The summed E-state index contributed by atoms with van der Waals surface area (Å²) in [6, 6.07) is 5.87. The Labute approximate surface area is 229 Å². The molecule has 37 heavy (non-hydrogen) atoms. The first-order chi connectivity index (χ1) is 18.1. The fourth-order valence-electron chi connectivity index (χ4n) is 4.70. The summed E-state index contributed by atoms with van der Waals surface area (Å²) in [4.78, 5) is 0. The van der Waals surface area contributed by atoms with E-state index in [1.807, 2.05) is 35.2 Å². The highest BCUT2D eigenvalue weighted by Crippen LogP contribution is 2.14. The number of sulfone groups is 1. The highest BCUT2D eigenvalue weighted by molar-refractivity contribution is 7.91. The third-order valence-corrected chi connectivity index (χ3v) is 8.95. The SMILES string of the molecule is CCCCCCCCCCCCCCCCCCOCC(CCS(=O)(=O)CCC[n+]1ccccc1)OC. The van der Waals surface area contributed by atoms with Gasteiger partial charge in [0.25, 0.3) is 0 Å². The van der Waals surface area contributed by atoms with Crippen LogP contribution in [-0.4, -0.2) is 46.4 Å². The lowest BCUT2D eigenvalue weighted by Gasteiger charge is -2.15. The highest BCUT2D eigenvalue weighted by Gasteiger charge is 2.16. The zero-order valence-corrected chi connectivity index (χ0v) is 25.0. The van der Waals surface area contributed by atoms with Crippen LogP contribution in [-0.2, 0) is 25.9 Å². The lowest BCUT2D eigenvalue weighted by atomic mass is 10.0. The standard InChI is InChI=1S/C31H58NO4S/c1-3-4-5-6-7-8-9-10-11-12-13-14-15-16-17-21-27-36-30-31(35-2)23-29-37(33,34)28-22-26-32-24-19-18-20-25-32/h18-20,24-25,31H,3-17,21-23,26-30H2,1-2H3/q+1. The van der Waals surface area contributed by atoms with E-state index in [0.717, 1.165) is 19.6 Å². The van der Waals surface area contributed by atoms with E-state index < -0.39 is 9.84 Å². The van der Waals surface area contributed by atoms with Crippen LogP contribution in [0.2, 0.25) is 0 Å². The molecule has 1 aromatic heterocycles. The summed E-state index contributed by atoms with van der Waals surface area (Å²) in [5.74, 6) is 0.374. The lowest BCUT2D eigenvalue weighted by Crippen LogP contribution is -2.33. The molecule has 1 atom stereocenters. The van der Waals surface area contributed by atoms with E-state index in [0.29, 0.717) is 19.4 Å². The van der Waals surface area contributed by atoms with Gasteiger partial charge in [-0.05, 0) is 12.8 Å². The van der Waals surface area contributed by atoms with Crippen molar-refractivity contribution in [1.29, 1.82) is 0 Å². The second-order valence-electron chi connectivity index (χ2n) is 10.6. The smallest absolute Gasteiger partial charge is 0.168 e. The van der Waals surface area contributed by atoms with Crippen molar-refractivity contribution in [2.24, 2.45) is 0 Å². The molecular formula is C31H58NO4S+. The van der Waals surface area contributed by atoms with Gasteiger partial charge in [-0.15, -0.1) is 0 Å². The predicted molar refractivity (Wildman–Crippen MR) is 156 cm³/mol. The van der Waals surface area contributed by atoms with Gasteiger partial charge in [0.1, 0.15) is 6.54 Å². The van der Waals surface area contributed by atoms with E-state index in [9.17, 15) is 8.42 Å². The second kappa shape index (κ2) is 24.1. The normalized spacial score (nSPS) is 12.7. The Morgan fingerprint density at radius 3 is 1.70 bits per heavy atom. The van der Waals surface area contributed by atoms with Crippen LogP contribution in [0.4, 0.5) is 0 Å². The van der Waals surface area contributed by atoms with E-state index in [2.05, 4.69) is 6.92 Å². The molecule has 0 N–H and O–H groups in total. The van der Waals surface area contributed by atoms with Crippen molar-refractivity contribution in [2.75, 3.05) is 31.8 Å². The van der Waals surface area contributed by atoms with E-state index >= 15 is 0 Å². The van der Waals surface area contributed by atoms with Gasteiger partial charge >= 0.3 is 0 Å². The number of nitrogens with zero attached hydrogens (tertiary/aromatic N) is 1. The average Bonchev–Trinajstić information content (AvgIpc) is 2.90. The molecule has 5 nitrogen and oxygen atoms in total. The topological polar surface area (TPSA) is 56.5 Å². The molecule has 0 spiro atoms. The fraction of sp³-hybridized carbons (Fsp3) is 0.839. The minimum Gasteiger partial charge on any atom is -0.379 e. The number of hydrogen-bond donors (Lipinski definition) is 0. The number of unbranched alkanes of at least 4 members (excludes halogenated alkanes) is 15. The summed E-state index contributed by atoms with van der Waals surface area (Å²) in [6.07, 6.45) is 26.7. The molecule has 0 aliphatic rings. The predicted octanol–water partition coefficient (Wildman–Crippen LogP) is 7.46. The maximum atomic E-state index is 12.4. The average molecular weight is 541 g/mol. The molecule has 216 valence electrons. The minimum absolute atomic E-state index is 0.153. The van der Waals surface area contributed by atoms with Crippen LogP contribution in [0.25, 0.3) is 0 Å². The molecule has 6 heteroatoms. The van der Waals surface area contributed by atoms with E-state index in [-0.39, 0.29) is 17.6 Å². The van der Waals surface area contributed by atoms with Crippen LogP contribution in [0.1, 0.15) is 122 Å². The highest BCUT2D eigenvalue weighted by atomic mass is 32.2. The first-order valence-corrected chi connectivity index (χ1v) is 17.1. The Hall–Kier alpha value is -0.980. The Kier molecular flexibility index (Phi) is 22.2. The van der Waals surface area contributed by atoms with Gasteiger partial charge < -0.3 is 9.47 Å². The summed E-state index contributed by atoms with van der Waals surface area (Å²) < 4.78 is 38.0. The van der Waals surface area contributed by atoms with Crippen LogP contribution in [0, 0.1) is 0 Å². The molecule has 1 rings (SSSR count). The maximum absolute atomic E-state index is 12.4. The molecule has 0 amide bonds. The van der Waals surface area contributed by atoms with Crippen LogP contribution in [0.15, 0.2) is 30.6 Å². The van der Waals surface area contributed by atoms with Gasteiger partial charge in [-0.1, -0.05) is 109 Å². The van der Waals surface area contributed by atoms with Crippen molar-refractivity contribution in [2.45, 2.75) is 135 Å². The second-order valence-corrected chi connectivity index (χ2v) is 12.9. The zero-order valence-electron chi connectivity index (χ0n) is 24.2. The third kappa shape index (κ3) is 21.6. The van der Waals surface area contributed by atoms with Gasteiger partial charge in [0.05, 0.1) is 24.2 Å². The number of aryl methyl sites for hydroxylation is 1. The van der Waals surface area contributed by atoms with E-state index in [1.54, 1.807) is 7.11 Å². The summed E-state index contributed by atoms with van der Waals surface area (Å²) in [5.41, 5.74) is 0. The number of ether oxygens (including phenoxy) is 2. The molecule has 0 fully saturated rings. The summed E-state index contributed by atoms with van der Waals surface area (Å²) in [7, 11) is -1.43. The molecule has 0 bridgehead atoms. The van der Waals surface area contributed by atoms with Crippen LogP contribution in [0.5, 0.6) is 0 Å². The molecule has 0 aliphatic heterocycles. The van der Waals surface area contributed by atoms with Crippen molar-refractivity contribution in [1.82, 2.24) is 0 Å². The summed E-state index contributed by atoms with van der Waals surface area (Å²) in [6.45, 7) is 4.21. The van der Waals surface area contributed by atoms with Crippen LogP contribution in [0.3, 0.4) is 0 Å². The number of hydrogen-bond acceptors (Lipinski definition) is 4. The van der Waals surface area contributed by atoms with Gasteiger partial charge in [-0.25, -0.2) is 13.0 Å². The molecule has 0 aliphatic carbocycles. The van der Waals surface area contributed by atoms with Crippen molar-refractivity contribution in [3.05, 3.63) is 30.6 Å². The molecule has 1 heterocycles. The van der Waals surface area contributed by atoms with Gasteiger partial charge in [-0.3, -0.25) is 0 Å². The zero-order chi connectivity index (χ0) is 26.9. The summed E-state index contributed by atoms with van der Waals surface area (Å²) in [5, 5.41) is 0. The molecule has 1 unspecified atom stereocenters. The van der Waals surface area contributed by atoms with E-state index in [1.165, 1.54) is 96.3 Å². The largest absolute Gasteiger partial charge is 0.379 e. The molecule has 0 saturated carbocycles. The van der Waals surface area contributed by atoms with Crippen LogP contribution < -0.4 is 4.57 Å².